The fourth-order valence-corrected chi connectivity index (χ4v) is 6.76. The van der Waals surface area contributed by atoms with Crippen molar-refractivity contribution in [2.75, 3.05) is 5.75 Å². The minimum atomic E-state index is -2.29. The third-order valence-electron chi connectivity index (χ3n) is 1.38. The summed E-state index contributed by atoms with van der Waals surface area (Å²) in [5.74, 6) is 0.842. The minimum absolute atomic E-state index is 0.0504. The van der Waals surface area contributed by atoms with Gasteiger partial charge in [-0.2, -0.15) is 0 Å². The molecule has 0 fully saturated rings. The van der Waals surface area contributed by atoms with Gasteiger partial charge in [-0.25, -0.2) is 0 Å². The molecule has 0 aliphatic heterocycles. The highest BCUT2D eigenvalue weighted by Crippen LogP contribution is 2.62. The maximum Gasteiger partial charge on any atom is 0.247 e. The molecule has 0 amide bonds. The Bertz CT molecular complexity index is 253. The summed E-state index contributed by atoms with van der Waals surface area (Å²) in [7, 11) is 0. The minimum Gasteiger partial charge on any atom is -0.319 e. The van der Waals surface area contributed by atoms with E-state index in [9.17, 15) is 4.79 Å². The standard InChI is InChI=1S/C10H21O3PS2/c1-8(2)12-14(15,13-9(3)4)16-7-6-10(5)11/h8-9H,6-7H2,1-5H3. The Kier molecular flexibility index (Phi) is 8.12. The van der Waals surface area contributed by atoms with Gasteiger partial charge in [0.2, 0.25) is 5.69 Å². The Labute approximate surface area is 108 Å². The summed E-state index contributed by atoms with van der Waals surface area (Å²) in [5, 5.41) is 0. The fourth-order valence-electron chi connectivity index (χ4n) is 0.903. The van der Waals surface area contributed by atoms with Crippen molar-refractivity contribution >= 4 is 34.7 Å². The van der Waals surface area contributed by atoms with Crippen LogP contribution in [0.5, 0.6) is 0 Å². The third kappa shape index (κ3) is 8.71. The predicted molar refractivity (Wildman–Crippen MR) is 74.5 cm³/mol. The highest BCUT2D eigenvalue weighted by molar-refractivity contribution is 8.67. The second-order valence-electron chi connectivity index (χ2n) is 4.04. The van der Waals surface area contributed by atoms with Crippen LogP contribution < -0.4 is 0 Å². The fraction of sp³-hybridized carbons (Fsp3) is 0.900. The van der Waals surface area contributed by atoms with Crippen molar-refractivity contribution in [1.29, 1.82) is 0 Å². The molecule has 3 nitrogen and oxygen atoms in total. The van der Waals surface area contributed by atoms with Crippen molar-refractivity contribution in [2.24, 2.45) is 0 Å². The lowest BCUT2D eigenvalue weighted by Crippen LogP contribution is -2.06. The van der Waals surface area contributed by atoms with E-state index in [2.05, 4.69) is 0 Å². The second kappa shape index (κ2) is 7.83. The average Bonchev–Trinajstić information content (AvgIpc) is 1.98. The van der Waals surface area contributed by atoms with E-state index in [4.69, 9.17) is 20.9 Å². The van der Waals surface area contributed by atoms with E-state index in [-0.39, 0.29) is 18.0 Å². The molecule has 0 N–H and O–H groups in total. The van der Waals surface area contributed by atoms with Crippen LogP contribution in [0.3, 0.4) is 0 Å². The SMILES string of the molecule is CC(=O)CCSP(=S)(OC(C)C)OC(C)C. The summed E-state index contributed by atoms with van der Waals surface area (Å²) in [6, 6.07) is 0. The molecule has 6 heteroatoms. The van der Waals surface area contributed by atoms with E-state index >= 15 is 0 Å². The highest BCUT2D eigenvalue weighted by atomic mass is 32.9. The zero-order chi connectivity index (χ0) is 12.8. The van der Waals surface area contributed by atoms with Crippen LogP contribution in [0.2, 0.25) is 0 Å². The van der Waals surface area contributed by atoms with Crippen molar-refractivity contribution < 1.29 is 13.8 Å². The molecular weight excluding hydrogens is 263 g/mol. The first-order valence-electron chi connectivity index (χ1n) is 5.36. The largest absolute Gasteiger partial charge is 0.319 e. The molecule has 0 aromatic rings. The van der Waals surface area contributed by atoms with Crippen molar-refractivity contribution in [3.63, 3.8) is 0 Å². The van der Waals surface area contributed by atoms with Gasteiger partial charge in [0.15, 0.2) is 0 Å². The predicted octanol–water partition coefficient (Wildman–Crippen LogP) is 3.77. The number of carbonyl (C=O) groups is 1. The third-order valence-corrected chi connectivity index (χ3v) is 6.92. The van der Waals surface area contributed by atoms with Crippen molar-refractivity contribution in [3.8, 4) is 0 Å². The summed E-state index contributed by atoms with van der Waals surface area (Å²) in [6.45, 7) is 9.34. The molecule has 0 radical (unpaired) electrons. The topological polar surface area (TPSA) is 35.5 Å². The van der Waals surface area contributed by atoms with Crippen LogP contribution >= 0.6 is 17.1 Å². The number of carbonyl (C=O) groups excluding carboxylic acids is 1. The van der Waals surface area contributed by atoms with Crippen LogP contribution in [0.25, 0.3) is 0 Å². The molecular formula is C10H21O3PS2. The smallest absolute Gasteiger partial charge is 0.247 e. The molecule has 0 saturated heterocycles. The van der Waals surface area contributed by atoms with Crippen LogP contribution in [-0.4, -0.2) is 23.7 Å². The zero-order valence-corrected chi connectivity index (χ0v) is 13.1. The van der Waals surface area contributed by atoms with Gasteiger partial charge in [0.25, 0.3) is 0 Å². The monoisotopic (exact) mass is 284 g/mol. The first kappa shape index (κ1) is 16.6. The number of Topliss-reactive ketones (excluding diaryl/α,β-unsaturated/α-hetero) is 1. The Morgan fingerprint density at radius 2 is 1.69 bits per heavy atom. The summed E-state index contributed by atoms with van der Waals surface area (Å²) in [6.07, 6.45) is 0.621. The second-order valence-corrected chi connectivity index (χ2v) is 10.4. The van der Waals surface area contributed by atoms with Gasteiger partial charge < -0.3 is 9.05 Å². The molecule has 0 spiro atoms. The summed E-state index contributed by atoms with van der Waals surface area (Å²) >= 11 is 6.89. The van der Waals surface area contributed by atoms with Gasteiger partial charge in [-0.15, -0.1) is 0 Å². The Morgan fingerprint density at radius 3 is 2.00 bits per heavy atom. The van der Waals surface area contributed by atoms with E-state index in [1.54, 1.807) is 6.92 Å². The van der Waals surface area contributed by atoms with Gasteiger partial charge in [0, 0.05) is 12.2 Å². The maximum absolute atomic E-state index is 10.9. The Morgan fingerprint density at radius 1 is 1.25 bits per heavy atom. The summed E-state index contributed by atoms with van der Waals surface area (Å²) in [4.78, 5) is 10.9. The van der Waals surface area contributed by atoms with Crippen LogP contribution in [0.15, 0.2) is 0 Å². The Balaban J connectivity index is 4.30. The number of ketones is 1. The number of hydrogen-bond acceptors (Lipinski definition) is 5. The van der Waals surface area contributed by atoms with Gasteiger partial charge in [0.1, 0.15) is 5.78 Å². The molecule has 0 aliphatic rings. The molecule has 0 rings (SSSR count). The maximum atomic E-state index is 10.9. The van der Waals surface area contributed by atoms with Gasteiger partial charge in [-0.1, -0.05) is 11.4 Å². The number of rotatable bonds is 8. The highest BCUT2D eigenvalue weighted by Gasteiger charge is 2.23. The molecule has 0 bridgehead atoms. The molecule has 0 aromatic heterocycles. The molecule has 0 saturated carbocycles. The van der Waals surface area contributed by atoms with E-state index < -0.39 is 5.69 Å². The molecule has 0 aromatic carbocycles. The molecule has 0 aliphatic carbocycles. The quantitative estimate of drug-likeness (QED) is 0.634. The van der Waals surface area contributed by atoms with Crippen LogP contribution in [0.4, 0.5) is 0 Å². The van der Waals surface area contributed by atoms with Crippen LogP contribution in [0, 0.1) is 0 Å². The molecule has 0 unspecified atom stereocenters. The average molecular weight is 284 g/mol. The number of hydrogen-bond donors (Lipinski definition) is 0. The molecule has 0 atom stereocenters. The van der Waals surface area contributed by atoms with Gasteiger partial charge >= 0.3 is 0 Å². The van der Waals surface area contributed by atoms with Crippen molar-refractivity contribution in [2.45, 2.75) is 53.2 Å². The van der Waals surface area contributed by atoms with E-state index in [1.807, 2.05) is 27.7 Å². The molecule has 16 heavy (non-hydrogen) atoms. The van der Waals surface area contributed by atoms with E-state index in [1.165, 1.54) is 11.4 Å². The van der Waals surface area contributed by atoms with Crippen molar-refractivity contribution in [1.82, 2.24) is 0 Å². The summed E-state index contributed by atoms with van der Waals surface area (Å²) in [5.41, 5.74) is -2.29. The van der Waals surface area contributed by atoms with E-state index in [0.29, 0.717) is 12.2 Å². The lowest BCUT2D eigenvalue weighted by molar-refractivity contribution is -0.116. The first-order valence-corrected chi connectivity index (χ1v) is 9.59. The van der Waals surface area contributed by atoms with Crippen LogP contribution in [-0.2, 0) is 25.6 Å². The zero-order valence-electron chi connectivity index (χ0n) is 10.6. The first-order chi connectivity index (χ1) is 7.25. The van der Waals surface area contributed by atoms with Gasteiger partial charge in [0.05, 0.1) is 12.2 Å². The van der Waals surface area contributed by atoms with Crippen molar-refractivity contribution in [3.05, 3.63) is 0 Å². The molecule has 96 valence electrons. The van der Waals surface area contributed by atoms with Gasteiger partial charge in [-0.05, 0) is 46.4 Å². The molecule has 0 heterocycles. The lowest BCUT2D eigenvalue weighted by Gasteiger charge is -2.25. The van der Waals surface area contributed by atoms with Gasteiger partial charge in [-0.3, -0.25) is 4.79 Å². The Hall–Kier alpha value is 0.590. The van der Waals surface area contributed by atoms with E-state index in [0.717, 1.165) is 0 Å². The summed E-state index contributed by atoms with van der Waals surface area (Å²) < 4.78 is 11.4. The lowest BCUT2D eigenvalue weighted by atomic mass is 10.4. The van der Waals surface area contributed by atoms with Crippen LogP contribution in [0.1, 0.15) is 41.0 Å². The normalized spacial score (nSPS) is 12.4.